The van der Waals surface area contributed by atoms with Gasteiger partial charge in [0, 0.05) is 11.6 Å². The van der Waals surface area contributed by atoms with Gasteiger partial charge in [-0.3, -0.25) is 0 Å². The van der Waals surface area contributed by atoms with Crippen LogP contribution >= 0.6 is 11.6 Å². The molecule has 1 aromatic rings. The molecule has 116 valence electrons. The van der Waals surface area contributed by atoms with Crippen LogP contribution < -0.4 is 10.1 Å². The van der Waals surface area contributed by atoms with E-state index in [1.165, 1.54) is 68.1 Å². The van der Waals surface area contributed by atoms with E-state index in [-0.39, 0.29) is 0 Å². The van der Waals surface area contributed by atoms with Gasteiger partial charge in [-0.1, -0.05) is 24.4 Å². The molecule has 3 rings (SSSR count). The van der Waals surface area contributed by atoms with Crippen LogP contribution in [-0.2, 0) is 19.3 Å². The summed E-state index contributed by atoms with van der Waals surface area (Å²) in [5, 5.41) is 4.46. The van der Waals surface area contributed by atoms with Gasteiger partial charge in [0.05, 0.1) is 12.1 Å². The maximum atomic E-state index is 6.49. The third-order valence-corrected chi connectivity index (χ3v) is 5.26. The first-order chi connectivity index (χ1) is 10.3. The molecule has 0 amide bonds. The molecule has 0 spiro atoms. The fraction of sp³-hybridized carbons (Fsp3) is 0.667. The number of methoxy groups -OCH3 is 1. The Morgan fingerprint density at radius 2 is 2.05 bits per heavy atom. The number of rotatable bonds is 3. The first-order valence-electron chi connectivity index (χ1n) is 8.40. The fourth-order valence-corrected chi connectivity index (χ4v) is 4.21. The van der Waals surface area contributed by atoms with Gasteiger partial charge in [0.25, 0.3) is 0 Å². The van der Waals surface area contributed by atoms with Crippen molar-refractivity contribution in [1.82, 2.24) is 5.32 Å². The van der Waals surface area contributed by atoms with Crippen molar-refractivity contribution in [2.45, 2.75) is 63.8 Å². The zero-order valence-corrected chi connectivity index (χ0v) is 13.8. The lowest BCUT2D eigenvalue weighted by Crippen LogP contribution is -2.36. The van der Waals surface area contributed by atoms with Crippen molar-refractivity contribution >= 4 is 11.6 Å². The van der Waals surface area contributed by atoms with E-state index in [4.69, 9.17) is 16.3 Å². The lowest BCUT2D eigenvalue weighted by Gasteiger charge is -2.26. The van der Waals surface area contributed by atoms with Crippen molar-refractivity contribution in [3.63, 3.8) is 0 Å². The Hall–Kier alpha value is -0.730. The Bertz CT molecular complexity index is 494. The van der Waals surface area contributed by atoms with Crippen LogP contribution in [-0.4, -0.2) is 19.7 Å². The van der Waals surface area contributed by atoms with Crippen LogP contribution in [0.3, 0.4) is 0 Å². The quantitative estimate of drug-likeness (QED) is 0.841. The molecule has 1 aromatic carbocycles. The maximum Gasteiger partial charge on any atom is 0.140 e. The maximum absolute atomic E-state index is 6.49. The molecule has 1 N–H and O–H groups in total. The predicted octanol–water partition coefficient (Wildman–Crippen LogP) is 4.30. The van der Waals surface area contributed by atoms with Gasteiger partial charge in [-0.2, -0.15) is 0 Å². The Morgan fingerprint density at radius 3 is 2.81 bits per heavy atom. The number of fused-ring (bicyclic) bond motifs is 1. The summed E-state index contributed by atoms with van der Waals surface area (Å²) in [5.41, 5.74) is 4.37. The minimum Gasteiger partial charge on any atom is -0.495 e. The van der Waals surface area contributed by atoms with E-state index in [1.54, 1.807) is 7.11 Å². The number of halogens is 1. The number of benzene rings is 1. The van der Waals surface area contributed by atoms with Crippen molar-refractivity contribution in [3.05, 3.63) is 27.8 Å². The van der Waals surface area contributed by atoms with Crippen molar-refractivity contribution in [2.75, 3.05) is 13.7 Å². The highest BCUT2D eigenvalue weighted by Crippen LogP contribution is 2.38. The Kier molecular flexibility index (Phi) is 5.07. The number of ether oxygens (including phenoxy) is 1. The molecule has 1 heterocycles. The van der Waals surface area contributed by atoms with Crippen LogP contribution in [0.25, 0.3) is 0 Å². The molecule has 1 saturated heterocycles. The van der Waals surface area contributed by atoms with Gasteiger partial charge in [-0.05, 0) is 68.7 Å². The first-order valence-corrected chi connectivity index (χ1v) is 8.78. The van der Waals surface area contributed by atoms with E-state index < -0.39 is 0 Å². The van der Waals surface area contributed by atoms with E-state index in [9.17, 15) is 0 Å². The zero-order valence-electron chi connectivity index (χ0n) is 13.0. The van der Waals surface area contributed by atoms with Crippen molar-refractivity contribution in [2.24, 2.45) is 0 Å². The van der Waals surface area contributed by atoms with E-state index >= 15 is 0 Å². The fourth-order valence-electron chi connectivity index (χ4n) is 3.89. The van der Waals surface area contributed by atoms with E-state index in [2.05, 4.69) is 11.4 Å². The van der Waals surface area contributed by atoms with Crippen LogP contribution in [0.4, 0.5) is 0 Å². The second-order valence-electron chi connectivity index (χ2n) is 6.42. The van der Waals surface area contributed by atoms with Gasteiger partial charge in [-0.15, -0.1) is 0 Å². The second-order valence-corrected chi connectivity index (χ2v) is 6.83. The molecule has 0 saturated carbocycles. The number of piperidine rings is 1. The van der Waals surface area contributed by atoms with E-state index in [0.717, 1.165) is 23.7 Å². The summed E-state index contributed by atoms with van der Waals surface area (Å²) < 4.78 is 5.66. The average Bonchev–Trinajstić information content (AvgIpc) is 2.73. The van der Waals surface area contributed by atoms with E-state index in [1.807, 2.05) is 0 Å². The van der Waals surface area contributed by atoms with Gasteiger partial charge < -0.3 is 10.1 Å². The normalized spacial score (nSPS) is 22.5. The van der Waals surface area contributed by atoms with Crippen LogP contribution in [0.5, 0.6) is 5.75 Å². The molecule has 3 heteroatoms. The highest BCUT2D eigenvalue weighted by molar-refractivity contribution is 6.32. The SMILES string of the molecule is COc1c(Cl)cc2c(c1CC1CCCCN1)CCCCC2. The van der Waals surface area contributed by atoms with Crippen molar-refractivity contribution in [1.29, 1.82) is 0 Å². The number of nitrogens with one attached hydrogen (secondary N) is 1. The molecular weight excluding hydrogens is 282 g/mol. The molecule has 1 aliphatic heterocycles. The summed E-state index contributed by atoms with van der Waals surface area (Å²) in [5.74, 6) is 0.921. The number of hydrogen-bond acceptors (Lipinski definition) is 2. The van der Waals surface area contributed by atoms with Gasteiger partial charge in [0.1, 0.15) is 5.75 Å². The molecule has 0 aromatic heterocycles. The number of aryl methyl sites for hydroxylation is 1. The lowest BCUT2D eigenvalue weighted by atomic mass is 9.89. The van der Waals surface area contributed by atoms with Gasteiger partial charge in [0.15, 0.2) is 0 Å². The zero-order chi connectivity index (χ0) is 14.7. The predicted molar refractivity (Wildman–Crippen MR) is 88.6 cm³/mol. The number of hydrogen-bond donors (Lipinski definition) is 1. The standard InChI is InChI=1S/C18H26ClNO/c1-21-18-16(12-14-8-5-6-10-20-14)15-9-4-2-3-7-13(15)11-17(18)19/h11,14,20H,2-10,12H2,1H3. The van der Waals surface area contributed by atoms with Crippen LogP contribution in [0.2, 0.25) is 5.02 Å². The first kappa shape index (κ1) is 15.2. The molecule has 2 nitrogen and oxygen atoms in total. The van der Waals surface area contributed by atoms with Gasteiger partial charge in [0.2, 0.25) is 0 Å². The molecule has 1 unspecified atom stereocenters. The molecule has 0 bridgehead atoms. The van der Waals surface area contributed by atoms with Crippen molar-refractivity contribution < 1.29 is 4.74 Å². The minimum absolute atomic E-state index is 0.582. The smallest absolute Gasteiger partial charge is 0.140 e. The van der Waals surface area contributed by atoms with E-state index in [0.29, 0.717) is 6.04 Å². The molecule has 21 heavy (non-hydrogen) atoms. The lowest BCUT2D eigenvalue weighted by molar-refractivity contribution is 0.380. The topological polar surface area (TPSA) is 21.3 Å². The highest BCUT2D eigenvalue weighted by Gasteiger charge is 2.23. The highest BCUT2D eigenvalue weighted by atomic mass is 35.5. The Labute approximate surface area is 133 Å². The van der Waals surface area contributed by atoms with Crippen molar-refractivity contribution in [3.8, 4) is 5.75 Å². The largest absolute Gasteiger partial charge is 0.495 e. The summed E-state index contributed by atoms with van der Waals surface area (Å²) in [7, 11) is 1.75. The van der Waals surface area contributed by atoms with Crippen LogP contribution in [0, 0.1) is 0 Å². The second kappa shape index (κ2) is 7.02. The monoisotopic (exact) mass is 307 g/mol. The van der Waals surface area contributed by atoms with Crippen LogP contribution in [0.1, 0.15) is 55.2 Å². The molecular formula is C18H26ClNO. The summed E-state index contributed by atoms with van der Waals surface area (Å²) in [6.07, 6.45) is 11.2. The molecule has 1 fully saturated rings. The molecule has 1 aliphatic carbocycles. The molecule has 0 radical (unpaired) electrons. The third kappa shape index (κ3) is 3.37. The summed E-state index contributed by atoms with van der Waals surface area (Å²) >= 11 is 6.49. The van der Waals surface area contributed by atoms with Crippen LogP contribution in [0.15, 0.2) is 6.07 Å². The summed E-state index contributed by atoms with van der Waals surface area (Å²) in [4.78, 5) is 0. The molecule has 1 atom stereocenters. The summed E-state index contributed by atoms with van der Waals surface area (Å²) in [6, 6.07) is 2.73. The molecule has 2 aliphatic rings. The van der Waals surface area contributed by atoms with Gasteiger partial charge in [-0.25, -0.2) is 0 Å². The minimum atomic E-state index is 0.582. The Balaban J connectivity index is 1.96. The summed E-state index contributed by atoms with van der Waals surface area (Å²) in [6.45, 7) is 1.15. The average molecular weight is 308 g/mol. The van der Waals surface area contributed by atoms with Gasteiger partial charge >= 0.3 is 0 Å². The third-order valence-electron chi connectivity index (χ3n) is 4.98. The Morgan fingerprint density at radius 1 is 1.19 bits per heavy atom.